The van der Waals surface area contributed by atoms with Crippen molar-refractivity contribution in [2.45, 2.75) is 13.0 Å². The monoisotopic (exact) mass is 315 g/mol. The fourth-order valence-electron chi connectivity index (χ4n) is 1.98. The van der Waals surface area contributed by atoms with E-state index < -0.39 is 6.03 Å². The lowest BCUT2D eigenvalue weighted by Crippen LogP contribution is -2.39. The number of benzene rings is 2. The Kier molecular flexibility index (Phi) is 5.68. The molecule has 0 fully saturated rings. The van der Waals surface area contributed by atoms with Gasteiger partial charge in [-0.2, -0.15) is 0 Å². The normalized spacial score (nSPS) is 11.4. The van der Waals surface area contributed by atoms with Gasteiger partial charge in [0.15, 0.2) is 0 Å². The average molecular weight is 315 g/mol. The Hall–Kier alpha value is -2.89. The van der Waals surface area contributed by atoms with E-state index in [1.807, 2.05) is 6.07 Å². The van der Waals surface area contributed by atoms with Gasteiger partial charge < -0.3 is 16.0 Å². The summed E-state index contributed by atoms with van der Waals surface area (Å²) in [6.07, 6.45) is 0. The lowest BCUT2D eigenvalue weighted by Gasteiger charge is -2.15. The van der Waals surface area contributed by atoms with Crippen LogP contribution in [-0.4, -0.2) is 18.5 Å². The van der Waals surface area contributed by atoms with E-state index in [1.54, 1.807) is 43.3 Å². The summed E-state index contributed by atoms with van der Waals surface area (Å²) in [6, 6.07) is 14.1. The number of nitrogens with one attached hydrogen (secondary N) is 3. The molecule has 23 heavy (non-hydrogen) atoms. The molecule has 0 aliphatic carbocycles. The first kappa shape index (κ1) is 16.5. The molecule has 2 aromatic rings. The molecule has 0 saturated heterocycles. The molecule has 120 valence electrons. The second-order valence-electron chi connectivity index (χ2n) is 5.01. The fraction of sp³-hybridized carbons (Fsp3) is 0.176. The molecule has 0 unspecified atom stereocenters. The molecule has 3 amide bonds. The predicted octanol–water partition coefficient (Wildman–Crippen LogP) is 2.82. The maximum Gasteiger partial charge on any atom is 0.319 e. The first-order valence-corrected chi connectivity index (χ1v) is 7.19. The molecular weight excluding hydrogens is 297 g/mol. The van der Waals surface area contributed by atoms with Gasteiger partial charge in [0.05, 0.1) is 12.6 Å². The molecule has 0 aliphatic heterocycles. The smallest absolute Gasteiger partial charge is 0.319 e. The van der Waals surface area contributed by atoms with Gasteiger partial charge in [-0.25, -0.2) is 9.18 Å². The van der Waals surface area contributed by atoms with E-state index in [0.717, 1.165) is 5.56 Å². The molecule has 0 bridgehead atoms. The summed E-state index contributed by atoms with van der Waals surface area (Å²) in [5.41, 5.74) is 1.43. The van der Waals surface area contributed by atoms with Gasteiger partial charge in [-0.3, -0.25) is 4.79 Å². The third-order valence-electron chi connectivity index (χ3n) is 3.19. The van der Waals surface area contributed by atoms with E-state index in [4.69, 9.17) is 0 Å². The summed E-state index contributed by atoms with van der Waals surface area (Å²) >= 11 is 0. The Bertz CT molecular complexity index is 659. The van der Waals surface area contributed by atoms with Gasteiger partial charge in [-0.05, 0) is 36.8 Å². The summed E-state index contributed by atoms with van der Waals surface area (Å²) in [5.74, 6) is -0.656. The van der Waals surface area contributed by atoms with Crippen molar-refractivity contribution in [3.8, 4) is 0 Å². The number of halogens is 1. The molecule has 0 radical (unpaired) electrons. The molecule has 5 nitrogen and oxygen atoms in total. The van der Waals surface area contributed by atoms with Crippen LogP contribution in [0.15, 0.2) is 54.6 Å². The zero-order valence-corrected chi connectivity index (χ0v) is 12.7. The van der Waals surface area contributed by atoms with Crippen molar-refractivity contribution in [1.82, 2.24) is 10.6 Å². The van der Waals surface area contributed by atoms with Crippen molar-refractivity contribution in [1.29, 1.82) is 0 Å². The van der Waals surface area contributed by atoms with Crippen LogP contribution in [0.25, 0.3) is 0 Å². The number of carbonyl (C=O) groups excluding carboxylic acids is 2. The third-order valence-corrected chi connectivity index (χ3v) is 3.19. The summed E-state index contributed by atoms with van der Waals surface area (Å²) < 4.78 is 12.9. The molecule has 2 aromatic carbocycles. The van der Waals surface area contributed by atoms with Crippen LogP contribution in [0, 0.1) is 5.82 Å². The first-order chi connectivity index (χ1) is 11.0. The third kappa shape index (κ3) is 5.43. The summed E-state index contributed by atoms with van der Waals surface area (Å²) in [4.78, 5) is 23.5. The highest BCUT2D eigenvalue weighted by Crippen LogP contribution is 2.12. The van der Waals surface area contributed by atoms with E-state index >= 15 is 0 Å². The van der Waals surface area contributed by atoms with Crippen LogP contribution >= 0.6 is 0 Å². The highest BCUT2D eigenvalue weighted by molar-refractivity contribution is 5.92. The highest BCUT2D eigenvalue weighted by Gasteiger charge is 2.10. The maximum absolute atomic E-state index is 12.9. The van der Waals surface area contributed by atoms with Crippen LogP contribution < -0.4 is 16.0 Å². The molecular formula is C17H18FN3O2. The Balaban J connectivity index is 1.76. The van der Waals surface area contributed by atoms with Gasteiger partial charge in [0.25, 0.3) is 0 Å². The number of hydrogen-bond acceptors (Lipinski definition) is 2. The lowest BCUT2D eigenvalue weighted by atomic mass is 10.1. The number of rotatable bonds is 5. The number of hydrogen-bond donors (Lipinski definition) is 3. The highest BCUT2D eigenvalue weighted by atomic mass is 19.1. The minimum Gasteiger partial charge on any atom is -0.348 e. The van der Waals surface area contributed by atoms with Crippen molar-refractivity contribution >= 4 is 17.6 Å². The van der Waals surface area contributed by atoms with Crippen LogP contribution in [0.2, 0.25) is 0 Å². The topological polar surface area (TPSA) is 70.2 Å². The Morgan fingerprint density at radius 2 is 1.70 bits per heavy atom. The minimum atomic E-state index is -0.458. The van der Waals surface area contributed by atoms with Gasteiger partial charge in [-0.15, -0.1) is 0 Å². The van der Waals surface area contributed by atoms with E-state index in [-0.39, 0.29) is 24.3 Å². The van der Waals surface area contributed by atoms with Crippen LogP contribution in [-0.2, 0) is 4.79 Å². The maximum atomic E-state index is 12.9. The summed E-state index contributed by atoms with van der Waals surface area (Å²) in [7, 11) is 0. The number of para-hydroxylation sites is 1. The summed E-state index contributed by atoms with van der Waals surface area (Å²) in [6.45, 7) is 1.64. The van der Waals surface area contributed by atoms with E-state index in [2.05, 4.69) is 16.0 Å². The molecule has 0 aromatic heterocycles. The molecule has 0 spiro atoms. The number of carbonyl (C=O) groups is 2. The molecule has 6 heteroatoms. The van der Waals surface area contributed by atoms with Crippen molar-refractivity contribution in [3.63, 3.8) is 0 Å². The van der Waals surface area contributed by atoms with E-state index in [9.17, 15) is 14.0 Å². The van der Waals surface area contributed by atoms with Crippen LogP contribution in [0.4, 0.5) is 14.9 Å². The molecule has 2 rings (SSSR count). The average Bonchev–Trinajstić information content (AvgIpc) is 2.54. The molecule has 0 aliphatic rings. The zero-order chi connectivity index (χ0) is 16.7. The largest absolute Gasteiger partial charge is 0.348 e. The number of urea groups is 1. The molecule has 0 heterocycles. The van der Waals surface area contributed by atoms with Crippen molar-refractivity contribution in [3.05, 3.63) is 66.0 Å². The molecule has 1 atom stereocenters. The predicted molar refractivity (Wildman–Crippen MR) is 86.4 cm³/mol. The van der Waals surface area contributed by atoms with Crippen LogP contribution in [0.1, 0.15) is 18.5 Å². The number of anilines is 1. The Morgan fingerprint density at radius 3 is 2.35 bits per heavy atom. The number of amides is 3. The van der Waals surface area contributed by atoms with E-state index in [0.29, 0.717) is 5.69 Å². The van der Waals surface area contributed by atoms with Gasteiger partial charge in [-0.1, -0.05) is 30.3 Å². The van der Waals surface area contributed by atoms with Gasteiger partial charge in [0, 0.05) is 5.69 Å². The van der Waals surface area contributed by atoms with Crippen LogP contribution in [0.5, 0.6) is 0 Å². The minimum absolute atomic E-state index is 0.149. The van der Waals surface area contributed by atoms with Gasteiger partial charge >= 0.3 is 6.03 Å². The lowest BCUT2D eigenvalue weighted by molar-refractivity contribution is -0.120. The second kappa shape index (κ2) is 7.93. The zero-order valence-electron chi connectivity index (χ0n) is 12.7. The van der Waals surface area contributed by atoms with Gasteiger partial charge in [0.1, 0.15) is 5.82 Å². The molecule has 0 saturated carbocycles. The quantitative estimate of drug-likeness (QED) is 0.794. The Labute approximate surface area is 133 Å². The van der Waals surface area contributed by atoms with Crippen LogP contribution in [0.3, 0.4) is 0 Å². The first-order valence-electron chi connectivity index (χ1n) is 7.19. The van der Waals surface area contributed by atoms with E-state index in [1.165, 1.54) is 12.1 Å². The van der Waals surface area contributed by atoms with Crippen molar-refractivity contribution in [2.75, 3.05) is 11.9 Å². The Morgan fingerprint density at radius 1 is 1.04 bits per heavy atom. The standard InChI is InChI=1S/C17H18FN3O2/c1-12(13-7-9-14(18)10-8-13)20-16(22)11-19-17(23)21-15-5-3-2-4-6-15/h2-10,12H,11H2,1H3,(H,20,22)(H2,19,21,23)/t12-/m0/s1. The second-order valence-corrected chi connectivity index (χ2v) is 5.01. The fourth-order valence-corrected chi connectivity index (χ4v) is 1.98. The van der Waals surface area contributed by atoms with Gasteiger partial charge in [0.2, 0.25) is 5.91 Å². The van der Waals surface area contributed by atoms with Crippen molar-refractivity contribution in [2.24, 2.45) is 0 Å². The van der Waals surface area contributed by atoms with Crippen molar-refractivity contribution < 1.29 is 14.0 Å². The SMILES string of the molecule is C[C@H](NC(=O)CNC(=O)Nc1ccccc1)c1ccc(F)cc1. The molecule has 3 N–H and O–H groups in total. The summed E-state index contributed by atoms with van der Waals surface area (Å²) in [5, 5.41) is 7.82.